The first-order valence-electron chi connectivity index (χ1n) is 8.75. The van der Waals surface area contributed by atoms with Crippen LogP contribution in [-0.2, 0) is 16.1 Å². The van der Waals surface area contributed by atoms with Gasteiger partial charge in [0.2, 0.25) is 5.91 Å². The number of nitrogens with zero attached hydrogens (tertiary/aromatic N) is 2. The molecule has 1 aromatic heterocycles. The van der Waals surface area contributed by atoms with Crippen LogP contribution in [-0.4, -0.2) is 49.1 Å². The molecular formula is C19H25N3O2S. The van der Waals surface area contributed by atoms with Gasteiger partial charge in [0.05, 0.1) is 24.8 Å². The zero-order valence-corrected chi connectivity index (χ0v) is 15.4. The number of hydrogen-bond donors (Lipinski definition) is 1. The molecule has 134 valence electrons. The van der Waals surface area contributed by atoms with Crippen molar-refractivity contribution in [3.63, 3.8) is 0 Å². The molecule has 3 rings (SSSR count). The van der Waals surface area contributed by atoms with Crippen LogP contribution in [0.15, 0.2) is 35.7 Å². The maximum Gasteiger partial charge on any atom is 0.224 e. The number of ether oxygens (including phenoxy) is 1. The van der Waals surface area contributed by atoms with Crippen LogP contribution in [0.25, 0.3) is 11.3 Å². The normalized spacial score (nSPS) is 18.2. The minimum atomic E-state index is 0.0687. The number of carbonyl (C=O) groups excluding carboxylic acids is 1. The maximum atomic E-state index is 12.5. The number of benzene rings is 1. The molecule has 0 radical (unpaired) electrons. The van der Waals surface area contributed by atoms with Gasteiger partial charge in [-0.05, 0) is 19.4 Å². The first-order valence-corrected chi connectivity index (χ1v) is 9.63. The second kappa shape index (κ2) is 9.08. The van der Waals surface area contributed by atoms with Crippen molar-refractivity contribution in [2.45, 2.75) is 19.4 Å². The zero-order chi connectivity index (χ0) is 17.5. The lowest BCUT2D eigenvalue weighted by Crippen LogP contribution is -2.43. The summed E-state index contributed by atoms with van der Waals surface area (Å²) < 4.78 is 5.14. The predicted octanol–water partition coefficient (Wildman–Crippen LogP) is 2.78. The zero-order valence-electron chi connectivity index (χ0n) is 14.6. The van der Waals surface area contributed by atoms with E-state index in [9.17, 15) is 4.79 Å². The van der Waals surface area contributed by atoms with Crippen molar-refractivity contribution >= 4 is 17.2 Å². The molecule has 0 bridgehead atoms. The number of nitrogens with one attached hydrogen (secondary N) is 1. The summed E-state index contributed by atoms with van der Waals surface area (Å²) in [4.78, 5) is 19.4. The number of rotatable bonds is 7. The van der Waals surface area contributed by atoms with Gasteiger partial charge in [-0.2, -0.15) is 0 Å². The lowest BCUT2D eigenvalue weighted by Gasteiger charge is -2.31. The van der Waals surface area contributed by atoms with Crippen LogP contribution in [0.2, 0.25) is 0 Å². The molecule has 1 atom stereocenters. The molecule has 1 aromatic carbocycles. The lowest BCUT2D eigenvalue weighted by atomic mass is 9.97. The molecule has 1 amide bonds. The molecule has 1 N–H and O–H groups in total. The third-order valence-corrected chi connectivity index (χ3v) is 5.37. The number of methoxy groups -OCH3 is 1. The number of hydrogen-bond acceptors (Lipinski definition) is 5. The van der Waals surface area contributed by atoms with Crippen LogP contribution in [0.4, 0.5) is 0 Å². The summed E-state index contributed by atoms with van der Waals surface area (Å²) in [5.41, 5.74) is 2.08. The van der Waals surface area contributed by atoms with Gasteiger partial charge < -0.3 is 15.0 Å². The molecule has 2 heterocycles. The lowest BCUT2D eigenvalue weighted by molar-refractivity contribution is -0.126. The Morgan fingerprint density at radius 1 is 1.40 bits per heavy atom. The van der Waals surface area contributed by atoms with Gasteiger partial charge in [0, 0.05) is 31.1 Å². The van der Waals surface area contributed by atoms with E-state index >= 15 is 0 Å². The highest BCUT2D eigenvalue weighted by molar-refractivity contribution is 7.09. The molecule has 1 aliphatic heterocycles. The van der Waals surface area contributed by atoms with Crippen molar-refractivity contribution in [2.24, 2.45) is 5.92 Å². The van der Waals surface area contributed by atoms with Gasteiger partial charge >= 0.3 is 0 Å². The summed E-state index contributed by atoms with van der Waals surface area (Å²) in [6, 6.07) is 10.1. The van der Waals surface area contributed by atoms with E-state index in [1.807, 2.05) is 35.7 Å². The second-order valence-corrected chi connectivity index (χ2v) is 7.29. The summed E-state index contributed by atoms with van der Waals surface area (Å²) in [7, 11) is 1.71. The first-order chi connectivity index (χ1) is 12.3. The molecule has 2 aromatic rings. The third kappa shape index (κ3) is 5.11. The summed E-state index contributed by atoms with van der Waals surface area (Å²) in [5.74, 6) is 0.206. The molecule has 0 unspecified atom stereocenters. The highest BCUT2D eigenvalue weighted by Gasteiger charge is 2.25. The standard InChI is InChI=1S/C19H25N3O2S/c1-24-11-10-22-9-5-8-16(13-22)19(23)20-12-18-21-17(14-25-18)15-6-3-2-4-7-15/h2-4,6-7,14,16H,5,8-13H2,1H3,(H,20,23)/t16-/m0/s1. The molecule has 1 saturated heterocycles. The topological polar surface area (TPSA) is 54.5 Å². The Morgan fingerprint density at radius 3 is 3.04 bits per heavy atom. The van der Waals surface area contributed by atoms with Crippen LogP contribution >= 0.6 is 11.3 Å². The monoisotopic (exact) mass is 359 g/mol. The van der Waals surface area contributed by atoms with Crippen LogP contribution in [0, 0.1) is 5.92 Å². The van der Waals surface area contributed by atoms with Crippen LogP contribution in [0.3, 0.4) is 0 Å². The summed E-state index contributed by atoms with van der Waals surface area (Å²) in [5, 5.41) is 6.05. The largest absolute Gasteiger partial charge is 0.383 e. The maximum absolute atomic E-state index is 12.5. The molecule has 1 fully saturated rings. The van der Waals surface area contributed by atoms with Gasteiger partial charge in [-0.3, -0.25) is 4.79 Å². The van der Waals surface area contributed by atoms with Crippen LogP contribution in [0.5, 0.6) is 0 Å². The summed E-state index contributed by atoms with van der Waals surface area (Å²) >= 11 is 1.59. The Bertz CT molecular complexity index is 674. The molecular weight excluding hydrogens is 334 g/mol. The third-order valence-electron chi connectivity index (χ3n) is 4.52. The Hall–Kier alpha value is -1.76. The number of likely N-dealkylation sites (tertiary alicyclic amines) is 1. The molecule has 6 heteroatoms. The summed E-state index contributed by atoms with van der Waals surface area (Å²) in [6.45, 7) is 4.00. The number of aromatic nitrogens is 1. The molecule has 0 saturated carbocycles. The van der Waals surface area contributed by atoms with Crippen molar-refractivity contribution in [3.8, 4) is 11.3 Å². The van der Waals surface area contributed by atoms with E-state index in [2.05, 4.69) is 15.2 Å². The fourth-order valence-electron chi connectivity index (χ4n) is 3.13. The van der Waals surface area contributed by atoms with Crippen molar-refractivity contribution in [1.29, 1.82) is 0 Å². The molecule has 25 heavy (non-hydrogen) atoms. The SMILES string of the molecule is COCCN1CCC[C@H](C(=O)NCc2nc(-c3ccccc3)cs2)C1. The highest BCUT2D eigenvalue weighted by atomic mass is 32.1. The van der Waals surface area contributed by atoms with Gasteiger partial charge in [-0.1, -0.05) is 30.3 Å². The predicted molar refractivity (Wildman–Crippen MR) is 100 cm³/mol. The van der Waals surface area contributed by atoms with Gasteiger partial charge in [0.15, 0.2) is 0 Å². The van der Waals surface area contributed by atoms with E-state index in [0.29, 0.717) is 6.54 Å². The smallest absolute Gasteiger partial charge is 0.224 e. The van der Waals surface area contributed by atoms with E-state index in [0.717, 1.165) is 55.3 Å². The average molecular weight is 359 g/mol. The van der Waals surface area contributed by atoms with Gasteiger partial charge in [-0.25, -0.2) is 4.98 Å². The second-order valence-electron chi connectivity index (χ2n) is 6.34. The molecule has 0 aliphatic carbocycles. The Labute approximate surface area is 153 Å². The average Bonchev–Trinajstić information content (AvgIpc) is 3.14. The van der Waals surface area contributed by atoms with E-state index in [4.69, 9.17) is 4.74 Å². The Balaban J connectivity index is 1.50. The number of amides is 1. The van der Waals surface area contributed by atoms with Crippen LogP contribution in [0.1, 0.15) is 17.8 Å². The summed E-state index contributed by atoms with van der Waals surface area (Å²) in [6.07, 6.45) is 2.03. The number of thiazole rings is 1. The van der Waals surface area contributed by atoms with Crippen molar-refractivity contribution in [3.05, 3.63) is 40.7 Å². The van der Waals surface area contributed by atoms with Crippen molar-refractivity contribution in [2.75, 3.05) is 33.4 Å². The van der Waals surface area contributed by atoms with Gasteiger partial charge in [0.25, 0.3) is 0 Å². The fraction of sp³-hybridized carbons (Fsp3) is 0.474. The van der Waals surface area contributed by atoms with Gasteiger partial charge in [0.1, 0.15) is 5.01 Å². The highest BCUT2D eigenvalue weighted by Crippen LogP contribution is 2.22. The number of carbonyl (C=O) groups is 1. The minimum absolute atomic E-state index is 0.0687. The van der Waals surface area contributed by atoms with Crippen molar-refractivity contribution in [1.82, 2.24) is 15.2 Å². The quantitative estimate of drug-likeness (QED) is 0.826. The van der Waals surface area contributed by atoms with Crippen LogP contribution < -0.4 is 5.32 Å². The first kappa shape index (κ1) is 18.0. The Morgan fingerprint density at radius 2 is 2.24 bits per heavy atom. The van der Waals surface area contributed by atoms with Gasteiger partial charge in [-0.15, -0.1) is 11.3 Å². The molecule has 1 aliphatic rings. The Kier molecular flexibility index (Phi) is 6.55. The number of piperidine rings is 1. The van der Waals surface area contributed by atoms with E-state index < -0.39 is 0 Å². The van der Waals surface area contributed by atoms with E-state index in [1.54, 1.807) is 18.4 Å². The van der Waals surface area contributed by atoms with Crippen molar-refractivity contribution < 1.29 is 9.53 Å². The molecule has 5 nitrogen and oxygen atoms in total. The van der Waals surface area contributed by atoms with E-state index in [-0.39, 0.29) is 11.8 Å². The molecule has 0 spiro atoms. The fourth-order valence-corrected chi connectivity index (χ4v) is 3.88. The minimum Gasteiger partial charge on any atom is -0.383 e. The van der Waals surface area contributed by atoms with E-state index in [1.165, 1.54) is 0 Å².